The third kappa shape index (κ3) is 2.83. The summed E-state index contributed by atoms with van der Waals surface area (Å²) in [5.41, 5.74) is 8.67. The Hall–Kier alpha value is -3.55. The van der Waals surface area contributed by atoms with E-state index in [0.717, 1.165) is 22.5 Å². The van der Waals surface area contributed by atoms with E-state index in [4.69, 9.17) is 5.73 Å². The number of nitrogen functional groups attached to an aromatic ring is 1. The average Bonchev–Trinajstić information content (AvgIpc) is 3.09. The summed E-state index contributed by atoms with van der Waals surface area (Å²) < 4.78 is 14.8. The first-order chi connectivity index (χ1) is 13.4. The molecule has 0 aliphatic heterocycles. The van der Waals surface area contributed by atoms with Crippen LogP contribution in [0.25, 0.3) is 21.8 Å². The Labute approximate surface area is 160 Å². The molecule has 2 N–H and O–H groups in total. The maximum atomic E-state index is 13.1. The van der Waals surface area contributed by atoms with E-state index in [1.807, 2.05) is 14.0 Å². The van der Waals surface area contributed by atoms with Crippen molar-refractivity contribution in [2.24, 2.45) is 7.05 Å². The molecule has 0 bridgehead atoms. The molecule has 0 radical (unpaired) electrons. The zero-order valence-electron chi connectivity index (χ0n) is 15.7. The molecule has 142 valence electrons. The van der Waals surface area contributed by atoms with Crippen molar-refractivity contribution < 1.29 is 9.18 Å². The van der Waals surface area contributed by atoms with E-state index in [0.29, 0.717) is 22.6 Å². The van der Waals surface area contributed by atoms with Crippen molar-refractivity contribution in [1.29, 1.82) is 0 Å². The fourth-order valence-corrected chi connectivity index (χ4v) is 3.30. The standard InChI is InChI=1S/C20H19FN6O/c1-11(16-7-5-13(21)9-23-16)26(2)20(28)12-4-6-17-14(8-12)18-15(19(22)25-17)10-24-27(18)3/h4-11H,1-3H3,(H2,22,25)/t11-/m1/s1. The molecule has 0 aliphatic carbocycles. The molecule has 4 aromatic rings. The van der Waals surface area contributed by atoms with Crippen LogP contribution in [0.3, 0.4) is 0 Å². The van der Waals surface area contributed by atoms with Crippen LogP contribution >= 0.6 is 0 Å². The van der Waals surface area contributed by atoms with Gasteiger partial charge < -0.3 is 10.6 Å². The van der Waals surface area contributed by atoms with Gasteiger partial charge in [0.05, 0.1) is 40.5 Å². The zero-order chi connectivity index (χ0) is 20.0. The van der Waals surface area contributed by atoms with E-state index >= 15 is 0 Å². The molecule has 1 aromatic carbocycles. The molecule has 0 aliphatic rings. The largest absolute Gasteiger partial charge is 0.383 e. The molecule has 0 fully saturated rings. The number of aryl methyl sites for hydroxylation is 1. The summed E-state index contributed by atoms with van der Waals surface area (Å²) in [7, 11) is 3.52. The second-order valence-corrected chi connectivity index (χ2v) is 6.75. The van der Waals surface area contributed by atoms with Crippen molar-refractivity contribution in [1.82, 2.24) is 24.6 Å². The number of benzene rings is 1. The lowest BCUT2D eigenvalue weighted by Crippen LogP contribution is -2.30. The SMILES string of the molecule is C[C@H](c1ccc(F)cn1)N(C)C(=O)c1ccc2nc(N)c3cnn(C)c3c2c1. The number of nitrogens with two attached hydrogens (primary N) is 1. The number of hydrogen-bond acceptors (Lipinski definition) is 5. The molecule has 8 heteroatoms. The van der Waals surface area contributed by atoms with Gasteiger partial charge in [-0.2, -0.15) is 5.10 Å². The summed E-state index contributed by atoms with van der Waals surface area (Å²) in [6.07, 6.45) is 2.81. The first-order valence-corrected chi connectivity index (χ1v) is 8.76. The number of hydrogen-bond donors (Lipinski definition) is 1. The normalized spacial score (nSPS) is 12.4. The topological polar surface area (TPSA) is 89.9 Å². The lowest BCUT2D eigenvalue weighted by Gasteiger charge is -2.24. The summed E-state index contributed by atoms with van der Waals surface area (Å²) >= 11 is 0. The molecule has 4 rings (SSSR count). The van der Waals surface area contributed by atoms with Crippen molar-refractivity contribution in [3.8, 4) is 0 Å². The molecule has 3 heterocycles. The summed E-state index contributed by atoms with van der Waals surface area (Å²) in [6.45, 7) is 1.85. The zero-order valence-corrected chi connectivity index (χ0v) is 15.7. The number of halogens is 1. The minimum absolute atomic E-state index is 0.173. The van der Waals surface area contributed by atoms with Gasteiger partial charge in [0.15, 0.2) is 0 Å². The average molecular weight is 378 g/mol. The number of fused-ring (bicyclic) bond motifs is 3. The smallest absolute Gasteiger partial charge is 0.254 e. The minimum Gasteiger partial charge on any atom is -0.383 e. The van der Waals surface area contributed by atoms with Crippen molar-refractivity contribution >= 4 is 33.5 Å². The van der Waals surface area contributed by atoms with Crippen LogP contribution in [0.1, 0.15) is 29.0 Å². The van der Waals surface area contributed by atoms with Gasteiger partial charge in [0, 0.05) is 25.0 Å². The summed E-state index contributed by atoms with van der Waals surface area (Å²) in [5, 5.41) is 5.80. The van der Waals surface area contributed by atoms with E-state index in [2.05, 4.69) is 15.1 Å². The van der Waals surface area contributed by atoms with Gasteiger partial charge in [0.1, 0.15) is 11.6 Å². The van der Waals surface area contributed by atoms with Crippen LogP contribution in [0.2, 0.25) is 0 Å². The fraction of sp³-hybridized carbons (Fsp3) is 0.200. The van der Waals surface area contributed by atoms with Gasteiger partial charge in [-0.25, -0.2) is 9.37 Å². The van der Waals surface area contributed by atoms with Gasteiger partial charge in [-0.15, -0.1) is 0 Å². The third-order valence-corrected chi connectivity index (χ3v) is 5.03. The molecule has 0 saturated heterocycles. The van der Waals surface area contributed by atoms with Crippen LogP contribution in [-0.4, -0.2) is 37.6 Å². The van der Waals surface area contributed by atoms with Crippen molar-refractivity contribution in [2.75, 3.05) is 12.8 Å². The lowest BCUT2D eigenvalue weighted by atomic mass is 10.1. The van der Waals surface area contributed by atoms with Gasteiger partial charge >= 0.3 is 0 Å². The Bertz CT molecular complexity index is 1200. The van der Waals surface area contributed by atoms with Crippen LogP contribution in [0.15, 0.2) is 42.7 Å². The number of nitrogens with zero attached hydrogens (tertiary/aromatic N) is 5. The predicted octanol–water partition coefficient (Wildman–Crippen LogP) is 3.07. The predicted molar refractivity (Wildman–Crippen MR) is 105 cm³/mol. The second-order valence-electron chi connectivity index (χ2n) is 6.75. The van der Waals surface area contributed by atoms with E-state index in [9.17, 15) is 9.18 Å². The molecular weight excluding hydrogens is 359 g/mol. The highest BCUT2D eigenvalue weighted by atomic mass is 19.1. The number of rotatable bonds is 3. The Morgan fingerprint density at radius 1 is 1.21 bits per heavy atom. The maximum Gasteiger partial charge on any atom is 0.254 e. The number of amides is 1. The molecule has 0 unspecified atom stereocenters. The van der Waals surface area contributed by atoms with Crippen LogP contribution < -0.4 is 5.73 Å². The number of pyridine rings is 2. The van der Waals surface area contributed by atoms with Crippen LogP contribution in [-0.2, 0) is 7.05 Å². The Balaban J connectivity index is 1.74. The highest BCUT2D eigenvalue weighted by Gasteiger charge is 2.21. The minimum atomic E-state index is -0.411. The third-order valence-electron chi connectivity index (χ3n) is 5.03. The van der Waals surface area contributed by atoms with Crippen molar-refractivity contribution in [3.63, 3.8) is 0 Å². The van der Waals surface area contributed by atoms with Gasteiger partial charge in [0.25, 0.3) is 5.91 Å². The van der Waals surface area contributed by atoms with Crippen molar-refractivity contribution in [2.45, 2.75) is 13.0 Å². The van der Waals surface area contributed by atoms with Gasteiger partial charge in [-0.3, -0.25) is 14.5 Å². The Kier molecular flexibility index (Phi) is 4.18. The van der Waals surface area contributed by atoms with Gasteiger partial charge in [0.2, 0.25) is 0 Å². The first kappa shape index (κ1) is 17.8. The molecule has 0 saturated carbocycles. The Morgan fingerprint density at radius 3 is 2.71 bits per heavy atom. The second kappa shape index (κ2) is 6.56. The number of carbonyl (C=O) groups excluding carboxylic acids is 1. The quantitative estimate of drug-likeness (QED) is 0.592. The maximum absolute atomic E-state index is 13.1. The molecule has 1 atom stereocenters. The Morgan fingerprint density at radius 2 is 2.00 bits per heavy atom. The summed E-state index contributed by atoms with van der Waals surface area (Å²) in [4.78, 5) is 23.1. The van der Waals surface area contributed by atoms with Crippen LogP contribution in [0, 0.1) is 5.82 Å². The van der Waals surface area contributed by atoms with E-state index < -0.39 is 5.82 Å². The molecule has 1 amide bonds. The number of carbonyl (C=O) groups is 1. The van der Waals surface area contributed by atoms with Crippen LogP contribution in [0.5, 0.6) is 0 Å². The first-order valence-electron chi connectivity index (χ1n) is 8.76. The molecule has 28 heavy (non-hydrogen) atoms. The van der Waals surface area contributed by atoms with E-state index in [-0.39, 0.29) is 11.9 Å². The van der Waals surface area contributed by atoms with Crippen LogP contribution in [0.4, 0.5) is 10.2 Å². The van der Waals surface area contributed by atoms with E-state index in [1.54, 1.807) is 47.1 Å². The van der Waals surface area contributed by atoms with Gasteiger partial charge in [-0.05, 0) is 37.3 Å². The number of aromatic nitrogens is 4. The highest BCUT2D eigenvalue weighted by Crippen LogP contribution is 2.29. The molecular formula is C20H19FN6O. The molecule has 3 aromatic heterocycles. The molecule has 0 spiro atoms. The highest BCUT2D eigenvalue weighted by molar-refractivity contribution is 6.10. The van der Waals surface area contributed by atoms with E-state index in [1.165, 1.54) is 6.07 Å². The monoisotopic (exact) mass is 378 g/mol. The van der Waals surface area contributed by atoms with Crippen molar-refractivity contribution in [3.05, 3.63) is 59.8 Å². The lowest BCUT2D eigenvalue weighted by molar-refractivity contribution is 0.0740. The fourth-order valence-electron chi connectivity index (χ4n) is 3.30. The summed E-state index contributed by atoms with van der Waals surface area (Å²) in [5.74, 6) is -0.179. The molecule has 7 nitrogen and oxygen atoms in total. The summed E-state index contributed by atoms with van der Waals surface area (Å²) in [6, 6.07) is 7.90. The van der Waals surface area contributed by atoms with Gasteiger partial charge in [-0.1, -0.05) is 0 Å². The number of anilines is 1.